The zero-order valence-corrected chi connectivity index (χ0v) is 11.2. The molecular formula is C16H22N2O. The Morgan fingerprint density at radius 3 is 3.11 bits per heavy atom. The zero-order chi connectivity index (χ0) is 13.1. The molecule has 3 N–H and O–H groups in total. The van der Waals surface area contributed by atoms with Crippen molar-refractivity contribution in [2.45, 2.75) is 38.3 Å². The standard InChI is InChI=1S/C16H22N2O/c19-14-5-1-3-12(9-14)10-17-11-13-4-2-6-16-15(13)7-8-18-16/h2,4,6-8,12,14,17-19H,1,3,5,9-11H2. The highest BCUT2D eigenvalue weighted by Gasteiger charge is 2.19. The molecule has 3 heteroatoms. The van der Waals surface area contributed by atoms with Gasteiger partial charge in [0.05, 0.1) is 6.10 Å². The Labute approximate surface area is 114 Å². The van der Waals surface area contributed by atoms with Gasteiger partial charge in [-0.1, -0.05) is 18.6 Å². The average molecular weight is 258 g/mol. The monoisotopic (exact) mass is 258 g/mol. The molecule has 0 spiro atoms. The number of nitrogens with one attached hydrogen (secondary N) is 2. The fraction of sp³-hybridized carbons (Fsp3) is 0.500. The maximum atomic E-state index is 9.68. The smallest absolute Gasteiger partial charge is 0.0543 e. The molecule has 3 rings (SSSR count). The lowest BCUT2D eigenvalue weighted by molar-refractivity contribution is 0.101. The van der Waals surface area contributed by atoms with E-state index in [0.717, 1.165) is 25.9 Å². The van der Waals surface area contributed by atoms with E-state index in [9.17, 15) is 5.11 Å². The summed E-state index contributed by atoms with van der Waals surface area (Å²) in [5.74, 6) is 0.633. The number of aliphatic hydroxyl groups is 1. The predicted octanol–water partition coefficient (Wildman–Crippen LogP) is 2.81. The van der Waals surface area contributed by atoms with Crippen LogP contribution in [0.25, 0.3) is 10.9 Å². The molecule has 2 unspecified atom stereocenters. The number of H-pyrrole nitrogens is 1. The minimum Gasteiger partial charge on any atom is -0.393 e. The Balaban J connectivity index is 1.56. The molecule has 2 atom stereocenters. The minimum absolute atomic E-state index is 0.0753. The van der Waals surface area contributed by atoms with E-state index in [0.29, 0.717) is 5.92 Å². The summed E-state index contributed by atoms with van der Waals surface area (Å²) in [6.45, 7) is 1.92. The summed E-state index contributed by atoms with van der Waals surface area (Å²) in [7, 11) is 0. The minimum atomic E-state index is -0.0753. The predicted molar refractivity (Wildman–Crippen MR) is 78.0 cm³/mol. The van der Waals surface area contributed by atoms with E-state index in [1.165, 1.54) is 29.3 Å². The third kappa shape index (κ3) is 2.99. The van der Waals surface area contributed by atoms with Crippen LogP contribution in [0.5, 0.6) is 0 Å². The SMILES string of the molecule is OC1CCCC(CNCc2cccc3[nH]ccc23)C1. The van der Waals surface area contributed by atoms with Crippen molar-refractivity contribution in [3.63, 3.8) is 0 Å². The van der Waals surface area contributed by atoms with Crippen LogP contribution >= 0.6 is 0 Å². The molecule has 1 aliphatic carbocycles. The molecule has 1 aliphatic rings. The maximum Gasteiger partial charge on any atom is 0.0543 e. The van der Waals surface area contributed by atoms with Crippen LogP contribution in [0.15, 0.2) is 30.5 Å². The molecule has 0 radical (unpaired) electrons. The fourth-order valence-electron chi connectivity index (χ4n) is 3.16. The van der Waals surface area contributed by atoms with Gasteiger partial charge in [-0.2, -0.15) is 0 Å². The van der Waals surface area contributed by atoms with Gasteiger partial charge in [0.15, 0.2) is 0 Å². The number of hydrogen-bond donors (Lipinski definition) is 3. The quantitative estimate of drug-likeness (QED) is 0.789. The van der Waals surface area contributed by atoms with Crippen LogP contribution in [0.2, 0.25) is 0 Å². The Bertz CT molecular complexity index is 534. The Kier molecular flexibility index (Phi) is 3.85. The van der Waals surface area contributed by atoms with Crippen molar-refractivity contribution >= 4 is 10.9 Å². The van der Waals surface area contributed by atoms with Crippen molar-refractivity contribution in [3.05, 3.63) is 36.0 Å². The molecule has 3 nitrogen and oxygen atoms in total. The first-order valence-electron chi connectivity index (χ1n) is 7.26. The summed E-state index contributed by atoms with van der Waals surface area (Å²) in [4.78, 5) is 3.24. The van der Waals surface area contributed by atoms with Crippen molar-refractivity contribution in [1.29, 1.82) is 0 Å². The summed E-state index contributed by atoms with van der Waals surface area (Å²) >= 11 is 0. The van der Waals surface area contributed by atoms with Crippen molar-refractivity contribution in [2.75, 3.05) is 6.54 Å². The highest BCUT2D eigenvalue weighted by atomic mass is 16.3. The van der Waals surface area contributed by atoms with E-state index in [2.05, 4.69) is 34.6 Å². The number of rotatable bonds is 4. The van der Waals surface area contributed by atoms with Crippen LogP contribution in [0.4, 0.5) is 0 Å². The summed E-state index contributed by atoms with van der Waals surface area (Å²) in [5.41, 5.74) is 2.54. The topological polar surface area (TPSA) is 48.0 Å². The number of aromatic nitrogens is 1. The van der Waals surface area contributed by atoms with Crippen molar-refractivity contribution in [1.82, 2.24) is 10.3 Å². The van der Waals surface area contributed by atoms with Gasteiger partial charge >= 0.3 is 0 Å². The lowest BCUT2D eigenvalue weighted by atomic mass is 9.87. The number of aromatic amines is 1. The van der Waals surface area contributed by atoms with Crippen LogP contribution < -0.4 is 5.32 Å². The van der Waals surface area contributed by atoms with Gasteiger partial charge in [-0.05, 0) is 49.4 Å². The average Bonchev–Trinajstić information content (AvgIpc) is 2.88. The van der Waals surface area contributed by atoms with E-state index >= 15 is 0 Å². The van der Waals surface area contributed by atoms with E-state index < -0.39 is 0 Å². The molecule has 1 heterocycles. The number of hydrogen-bond acceptors (Lipinski definition) is 2. The van der Waals surface area contributed by atoms with Crippen LogP contribution in [0.3, 0.4) is 0 Å². The molecule has 2 aromatic rings. The molecule has 102 valence electrons. The first kappa shape index (κ1) is 12.7. The fourth-order valence-corrected chi connectivity index (χ4v) is 3.16. The number of fused-ring (bicyclic) bond motifs is 1. The van der Waals surface area contributed by atoms with Gasteiger partial charge in [0.1, 0.15) is 0 Å². The molecule has 1 aromatic carbocycles. The van der Waals surface area contributed by atoms with E-state index in [1.807, 2.05) is 6.20 Å². The van der Waals surface area contributed by atoms with Crippen LogP contribution in [-0.2, 0) is 6.54 Å². The summed E-state index contributed by atoms with van der Waals surface area (Å²) in [6, 6.07) is 8.52. The zero-order valence-electron chi connectivity index (χ0n) is 11.2. The number of benzene rings is 1. The second-order valence-electron chi connectivity index (χ2n) is 5.67. The van der Waals surface area contributed by atoms with Crippen LogP contribution in [-0.4, -0.2) is 22.7 Å². The van der Waals surface area contributed by atoms with E-state index in [-0.39, 0.29) is 6.10 Å². The molecule has 1 aromatic heterocycles. The van der Waals surface area contributed by atoms with Crippen molar-refractivity contribution in [3.8, 4) is 0 Å². The first-order chi connectivity index (χ1) is 9.33. The van der Waals surface area contributed by atoms with Gasteiger partial charge in [-0.3, -0.25) is 0 Å². The first-order valence-corrected chi connectivity index (χ1v) is 7.26. The van der Waals surface area contributed by atoms with Gasteiger partial charge in [0.25, 0.3) is 0 Å². The summed E-state index contributed by atoms with van der Waals surface area (Å²) < 4.78 is 0. The lowest BCUT2D eigenvalue weighted by Crippen LogP contribution is -2.28. The Hall–Kier alpha value is -1.32. The largest absolute Gasteiger partial charge is 0.393 e. The maximum absolute atomic E-state index is 9.68. The van der Waals surface area contributed by atoms with E-state index in [1.54, 1.807) is 0 Å². The van der Waals surface area contributed by atoms with Gasteiger partial charge < -0.3 is 15.4 Å². The molecule has 1 saturated carbocycles. The highest BCUT2D eigenvalue weighted by Crippen LogP contribution is 2.24. The molecule has 19 heavy (non-hydrogen) atoms. The van der Waals surface area contributed by atoms with Crippen LogP contribution in [0, 0.1) is 5.92 Å². The van der Waals surface area contributed by atoms with Gasteiger partial charge in [0, 0.05) is 23.6 Å². The van der Waals surface area contributed by atoms with E-state index in [4.69, 9.17) is 0 Å². The van der Waals surface area contributed by atoms with Gasteiger partial charge in [0.2, 0.25) is 0 Å². The second kappa shape index (κ2) is 5.76. The molecule has 0 aliphatic heterocycles. The summed E-state index contributed by atoms with van der Waals surface area (Å²) in [5, 5.41) is 14.5. The van der Waals surface area contributed by atoms with Gasteiger partial charge in [-0.25, -0.2) is 0 Å². The third-order valence-corrected chi connectivity index (χ3v) is 4.19. The van der Waals surface area contributed by atoms with Crippen molar-refractivity contribution < 1.29 is 5.11 Å². The molecule has 1 fully saturated rings. The third-order valence-electron chi connectivity index (χ3n) is 4.19. The Morgan fingerprint density at radius 1 is 1.26 bits per heavy atom. The second-order valence-corrected chi connectivity index (χ2v) is 5.67. The molecule has 0 amide bonds. The van der Waals surface area contributed by atoms with Gasteiger partial charge in [-0.15, -0.1) is 0 Å². The lowest BCUT2D eigenvalue weighted by Gasteiger charge is -2.26. The summed E-state index contributed by atoms with van der Waals surface area (Å²) in [6.07, 6.45) is 6.28. The molecule has 0 bridgehead atoms. The Morgan fingerprint density at radius 2 is 2.21 bits per heavy atom. The highest BCUT2D eigenvalue weighted by molar-refractivity contribution is 5.82. The normalized spacial score (nSPS) is 23.8. The van der Waals surface area contributed by atoms with Crippen molar-refractivity contribution in [2.24, 2.45) is 5.92 Å². The number of aliphatic hydroxyl groups excluding tert-OH is 1. The molecular weight excluding hydrogens is 236 g/mol. The molecule has 0 saturated heterocycles. The van der Waals surface area contributed by atoms with Crippen LogP contribution in [0.1, 0.15) is 31.2 Å².